The number of fused-ring (bicyclic) bond motifs is 1. The second-order valence-electron chi connectivity index (χ2n) is 10.5. The molecule has 6 rings (SSSR count). The zero-order valence-electron chi connectivity index (χ0n) is 22.4. The van der Waals surface area contributed by atoms with Gasteiger partial charge in [-0.1, -0.05) is 12.1 Å². The Morgan fingerprint density at radius 1 is 1.10 bits per heavy atom. The van der Waals surface area contributed by atoms with Crippen LogP contribution in [0.4, 0.5) is 15.9 Å². The van der Waals surface area contributed by atoms with Gasteiger partial charge in [-0.3, -0.25) is 28.1 Å². The van der Waals surface area contributed by atoms with Gasteiger partial charge in [-0.05, 0) is 78.3 Å². The van der Waals surface area contributed by atoms with Crippen LogP contribution in [0.25, 0.3) is 16.6 Å². The standard InChI is InChI=1S/C29H27FIN5O5/c1-15-25-24(26(34(2)27(15)38)33-22-9-6-17(31)12-21(22)30)28(39)36(19-7-8-19)29(40)35(25)20-5-3-4-16(10-20)11-23(37)32-18-13-41-14-18/h3-6,9-10,12,18-19,33H,7-8,11,13-14H2,1-2H3,(H,32,37). The zero-order chi connectivity index (χ0) is 29.0. The molecule has 2 fully saturated rings. The van der Waals surface area contributed by atoms with Crippen molar-refractivity contribution in [1.82, 2.24) is 19.0 Å². The molecular formula is C29H27FIN5O5. The number of amides is 1. The van der Waals surface area contributed by atoms with Gasteiger partial charge in [-0.2, -0.15) is 0 Å². The Morgan fingerprint density at radius 2 is 1.85 bits per heavy atom. The first-order chi connectivity index (χ1) is 19.6. The average molecular weight is 671 g/mol. The van der Waals surface area contributed by atoms with Crippen LogP contribution in [0.1, 0.15) is 30.0 Å². The molecule has 12 heteroatoms. The molecule has 0 radical (unpaired) electrons. The predicted octanol–water partition coefficient (Wildman–Crippen LogP) is 3.04. The SMILES string of the molecule is Cc1c(=O)n(C)c(Nc2ccc(I)cc2F)c2c(=O)n(C3CC3)c(=O)n(-c3cccc(CC(=O)NC4COC4)c3)c12. The number of benzene rings is 2. The summed E-state index contributed by atoms with van der Waals surface area (Å²) in [6.45, 7) is 2.52. The molecule has 2 N–H and O–H groups in total. The van der Waals surface area contributed by atoms with Crippen LogP contribution in [-0.2, 0) is 23.0 Å². The van der Waals surface area contributed by atoms with Gasteiger partial charge in [-0.25, -0.2) is 9.18 Å². The molecule has 0 unspecified atom stereocenters. The lowest BCUT2D eigenvalue weighted by atomic mass is 10.1. The largest absolute Gasteiger partial charge is 0.377 e. The molecule has 1 amide bonds. The van der Waals surface area contributed by atoms with E-state index in [0.29, 0.717) is 40.9 Å². The van der Waals surface area contributed by atoms with Crippen molar-refractivity contribution in [3.05, 3.63) is 94.2 Å². The third kappa shape index (κ3) is 4.99. The third-order valence-electron chi connectivity index (χ3n) is 7.48. The minimum Gasteiger partial charge on any atom is -0.377 e. The highest BCUT2D eigenvalue weighted by Gasteiger charge is 2.32. The highest BCUT2D eigenvalue weighted by atomic mass is 127. The van der Waals surface area contributed by atoms with Crippen LogP contribution in [0, 0.1) is 16.3 Å². The summed E-state index contributed by atoms with van der Waals surface area (Å²) >= 11 is 2.00. The fraction of sp³-hybridized carbons (Fsp3) is 0.310. The van der Waals surface area contributed by atoms with Crippen LogP contribution < -0.4 is 27.4 Å². The number of halogens is 2. The first-order valence-electron chi connectivity index (χ1n) is 13.2. The van der Waals surface area contributed by atoms with Crippen LogP contribution in [-0.4, -0.2) is 38.9 Å². The maximum Gasteiger partial charge on any atom is 0.336 e. The van der Waals surface area contributed by atoms with Gasteiger partial charge >= 0.3 is 5.69 Å². The van der Waals surface area contributed by atoms with E-state index in [1.807, 2.05) is 22.6 Å². The molecule has 212 valence electrons. The summed E-state index contributed by atoms with van der Waals surface area (Å²) in [6, 6.07) is 11.2. The topological polar surface area (TPSA) is 116 Å². The van der Waals surface area contributed by atoms with Gasteiger partial charge in [0, 0.05) is 22.2 Å². The molecule has 0 spiro atoms. The maximum atomic E-state index is 14.9. The second-order valence-corrected chi connectivity index (χ2v) is 11.7. The normalized spacial score (nSPS) is 15.1. The van der Waals surface area contributed by atoms with Crippen molar-refractivity contribution in [1.29, 1.82) is 0 Å². The minimum absolute atomic E-state index is 0.0120. The van der Waals surface area contributed by atoms with Crippen LogP contribution in [0.2, 0.25) is 0 Å². The number of aryl methyl sites for hydroxylation is 1. The van der Waals surface area contributed by atoms with E-state index in [-0.39, 0.29) is 52.4 Å². The first kappa shape index (κ1) is 27.4. The van der Waals surface area contributed by atoms with Gasteiger partial charge in [-0.15, -0.1) is 0 Å². The molecule has 0 atom stereocenters. The number of anilines is 2. The summed E-state index contributed by atoms with van der Waals surface area (Å²) in [5.74, 6) is -0.637. The molecule has 2 aliphatic rings. The second kappa shape index (κ2) is 10.6. The van der Waals surface area contributed by atoms with Crippen molar-refractivity contribution in [2.24, 2.45) is 7.05 Å². The lowest BCUT2D eigenvalue weighted by Gasteiger charge is -2.26. The van der Waals surface area contributed by atoms with E-state index in [0.717, 1.165) is 0 Å². The number of pyridine rings is 1. The van der Waals surface area contributed by atoms with Gasteiger partial charge in [0.05, 0.1) is 42.6 Å². The summed E-state index contributed by atoms with van der Waals surface area (Å²) in [7, 11) is 1.50. The van der Waals surface area contributed by atoms with Crippen LogP contribution in [0.5, 0.6) is 0 Å². The Bertz CT molecular complexity index is 1910. The number of rotatable bonds is 7. The first-order valence-corrected chi connectivity index (χ1v) is 14.3. The Labute approximate surface area is 246 Å². The van der Waals surface area contributed by atoms with E-state index in [4.69, 9.17) is 4.74 Å². The Morgan fingerprint density at radius 3 is 2.51 bits per heavy atom. The fourth-order valence-corrected chi connectivity index (χ4v) is 5.62. The van der Waals surface area contributed by atoms with Crippen molar-refractivity contribution >= 4 is 50.9 Å². The van der Waals surface area contributed by atoms with Crippen molar-refractivity contribution < 1.29 is 13.9 Å². The average Bonchev–Trinajstić information content (AvgIpc) is 3.74. The number of hydrogen-bond acceptors (Lipinski definition) is 6. The molecule has 1 saturated carbocycles. The molecule has 0 bridgehead atoms. The molecular weight excluding hydrogens is 644 g/mol. The van der Waals surface area contributed by atoms with Crippen LogP contribution in [0.3, 0.4) is 0 Å². The Hall–Kier alpha value is -3.78. The summed E-state index contributed by atoms with van der Waals surface area (Å²) in [4.78, 5) is 54.0. The van der Waals surface area contributed by atoms with E-state index in [2.05, 4.69) is 10.6 Å². The molecule has 2 aromatic carbocycles. The van der Waals surface area contributed by atoms with Gasteiger partial charge in [0.1, 0.15) is 17.0 Å². The molecule has 41 heavy (non-hydrogen) atoms. The highest BCUT2D eigenvalue weighted by molar-refractivity contribution is 14.1. The quantitative estimate of drug-likeness (QED) is 0.292. The van der Waals surface area contributed by atoms with Gasteiger partial charge < -0.3 is 15.4 Å². The summed E-state index contributed by atoms with van der Waals surface area (Å²) in [6.07, 6.45) is 1.43. The number of nitrogens with zero attached hydrogens (tertiary/aromatic N) is 3. The van der Waals surface area contributed by atoms with E-state index in [1.54, 1.807) is 37.3 Å². The number of ether oxygens (including phenoxy) is 1. The number of carbonyl (C=O) groups excluding carboxylic acids is 1. The summed E-state index contributed by atoms with van der Waals surface area (Å²) in [5, 5.41) is 5.97. The van der Waals surface area contributed by atoms with E-state index < -0.39 is 22.6 Å². The smallest absolute Gasteiger partial charge is 0.336 e. The molecule has 4 aromatic rings. The molecule has 2 aromatic heterocycles. The van der Waals surface area contributed by atoms with Gasteiger partial charge in [0.15, 0.2) is 0 Å². The lowest BCUT2D eigenvalue weighted by Crippen LogP contribution is -2.49. The van der Waals surface area contributed by atoms with E-state index in [9.17, 15) is 23.6 Å². The van der Waals surface area contributed by atoms with Gasteiger partial charge in [0.2, 0.25) is 5.91 Å². The number of nitrogens with one attached hydrogen (secondary N) is 2. The number of carbonyl (C=O) groups is 1. The van der Waals surface area contributed by atoms with Crippen molar-refractivity contribution in [2.45, 2.75) is 38.3 Å². The molecule has 1 aliphatic heterocycles. The third-order valence-corrected chi connectivity index (χ3v) is 8.15. The summed E-state index contributed by atoms with van der Waals surface area (Å²) < 4.78 is 24.6. The van der Waals surface area contributed by atoms with Crippen LogP contribution in [0.15, 0.2) is 56.8 Å². The van der Waals surface area contributed by atoms with E-state index >= 15 is 0 Å². The molecule has 3 heterocycles. The van der Waals surface area contributed by atoms with Crippen molar-refractivity contribution in [3.8, 4) is 5.69 Å². The lowest BCUT2D eigenvalue weighted by molar-refractivity contribution is -0.124. The van der Waals surface area contributed by atoms with Crippen molar-refractivity contribution in [2.75, 3.05) is 18.5 Å². The fourth-order valence-electron chi connectivity index (χ4n) is 5.16. The van der Waals surface area contributed by atoms with Crippen LogP contribution >= 0.6 is 22.6 Å². The highest BCUT2D eigenvalue weighted by Crippen LogP contribution is 2.34. The maximum absolute atomic E-state index is 14.9. The Kier molecular flexibility index (Phi) is 7.06. The van der Waals surface area contributed by atoms with Crippen molar-refractivity contribution in [3.63, 3.8) is 0 Å². The number of aromatic nitrogens is 3. The number of hydrogen-bond donors (Lipinski definition) is 2. The van der Waals surface area contributed by atoms with E-state index in [1.165, 1.54) is 32.9 Å². The zero-order valence-corrected chi connectivity index (χ0v) is 24.5. The minimum atomic E-state index is -0.569. The molecule has 1 aliphatic carbocycles. The molecule has 1 saturated heterocycles. The summed E-state index contributed by atoms with van der Waals surface area (Å²) in [5.41, 5.74) is -0.0655. The predicted molar refractivity (Wildman–Crippen MR) is 161 cm³/mol. The Balaban J connectivity index is 1.58. The molecule has 10 nitrogen and oxygen atoms in total. The van der Waals surface area contributed by atoms with Gasteiger partial charge in [0.25, 0.3) is 11.1 Å². The monoisotopic (exact) mass is 671 g/mol.